The molecule has 1 atom stereocenters. The van der Waals surface area contributed by atoms with E-state index in [0.717, 1.165) is 11.4 Å². The monoisotopic (exact) mass is 300 g/mol. The third-order valence-corrected chi connectivity index (χ3v) is 5.01. The van der Waals surface area contributed by atoms with E-state index in [1.807, 2.05) is 19.9 Å². The standard InChI is InChI=1S/C12H20N4O3S/c1-9-7-10(2)14-12(13-9)11-8-16(5-6-19-11)20(17,18)15(3)4/h7,11H,5-6,8H2,1-4H3/t11-/m0/s1. The minimum Gasteiger partial charge on any atom is -0.367 e. The van der Waals surface area contributed by atoms with Crippen LogP contribution in [0.3, 0.4) is 0 Å². The zero-order valence-electron chi connectivity index (χ0n) is 12.2. The van der Waals surface area contributed by atoms with Gasteiger partial charge in [0.15, 0.2) is 5.82 Å². The van der Waals surface area contributed by atoms with Crippen LogP contribution in [0.25, 0.3) is 0 Å². The maximum absolute atomic E-state index is 12.2. The summed E-state index contributed by atoms with van der Waals surface area (Å²) in [5.41, 5.74) is 1.70. The number of aryl methyl sites for hydroxylation is 2. The molecule has 1 saturated heterocycles. The van der Waals surface area contributed by atoms with Gasteiger partial charge in [0.05, 0.1) is 6.61 Å². The molecule has 1 aliphatic heterocycles. The summed E-state index contributed by atoms with van der Waals surface area (Å²) in [5.74, 6) is 0.543. The lowest BCUT2D eigenvalue weighted by Crippen LogP contribution is -2.47. The molecule has 1 aromatic rings. The molecule has 7 nitrogen and oxygen atoms in total. The second-order valence-electron chi connectivity index (χ2n) is 5.02. The van der Waals surface area contributed by atoms with Gasteiger partial charge in [-0.05, 0) is 19.9 Å². The van der Waals surface area contributed by atoms with E-state index in [2.05, 4.69) is 9.97 Å². The van der Waals surface area contributed by atoms with Crippen molar-refractivity contribution in [2.24, 2.45) is 0 Å². The van der Waals surface area contributed by atoms with Crippen LogP contribution in [0.4, 0.5) is 0 Å². The highest BCUT2D eigenvalue weighted by molar-refractivity contribution is 7.86. The van der Waals surface area contributed by atoms with E-state index in [9.17, 15) is 8.42 Å². The van der Waals surface area contributed by atoms with Crippen molar-refractivity contribution >= 4 is 10.2 Å². The third-order valence-electron chi connectivity index (χ3n) is 3.10. The summed E-state index contributed by atoms with van der Waals surface area (Å²) in [6, 6.07) is 1.88. The van der Waals surface area contributed by atoms with Crippen molar-refractivity contribution < 1.29 is 13.2 Å². The molecule has 0 N–H and O–H groups in total. The summed E-state index contributed by atoms with van der Waals surface area (Å²) in [5, 5.41) is 0. The van der Waals surface area contributed by atoms with Gasteiger partial charge in [0.1, 0.15) is 6.10 Å². The van der Waals surface area contributed by atoms with Crippen LogP contribution in [-0.4, -0.2) is 60.8 Å². The molecule has 1 aromatic heterocycles. The van der Waals surface area contributed by atoms with Gasteiger partial charge in [-0.25, -0.2) is 9.97 Å². The second kappa shape index (κ2) is 5.72. The van der Waals surface area contributed by atoms with Crippen molar-refractivity contribution in [1.82, 2.24) is 18.6 Å². The summed E-state index contributed by atoms with van der Waals surface area (Å²) in [6.07, 6.45) is -0.419. The van der Waals surface area contributed by atoms with Crippen LogP contribution in [0, 0.1) is 13.8 Å². The SMILES string of the molecule is Cc1cc(C)nc([C@@H]2CN(S(=O)(=O)N(C)C)CCO2)n1. The Morgan fingerprint density at radius 1 is 1.30 bits per heavy atom. The summed E-state index contributed by atoms with van der Waals surface area (Å²) in [7, 11) is -0.388. The molecule has 0 bridgehead atoms. The number of rotatable bonds is 3. The fraction of sp³-hybridized carbons (Fsp3) is 0.667. The van der Waals surface area contributed by atoms with E-state index in [4.69, 9.17) is 4.74 Å². The van der Waals surface area contributed by atoms with Gasteiger partial charge in [0, 0.05) is 38.6 Å². The van der Waals surface area contributed by atoms with Crippen molar-refractivity contribution in [2.75, 3.05) is 33.8 Å². The van der Waals surface area contributed by atoms with Crippen LogP contribution in [0.5, 0.6) is 0 Å². The molecule has 8 heteroatoms. The molecule has 0 radical (unpaired) electrons. The largest absolute Gasteiger partial charge is 0.367 e. The maximum Gasteiger partial charge on any atom is 0.281 e. The highest BCUT2D eigenvalue weighted by Gasteiger charge is 2.32. The van der Waals surface area contributed by atoms with Gasteiger partial charge in [-0.1, -0.05) is 0 Å². The quantitative estimate of drug-likeness (QED) is 0.801. The Morgan fingerprint density at radius 2 is 1.90 bits per heavy atom. The number of ether oxygens (including phenoxy) is 1. The lowest BCUT2D eigenvalue weighted by atomic mass is 10.2. The van der Waals surface area contributed by atoms with Gasteiger partial charge >= 0.3 is 0 Å². The van der Waals surface area contributed by atoms with Crippen LogP contribution in [0.15, 0.2) is 6.07 Å². The van der Waals surface area contributed by atoms with Crippen molar-refractivity contribution in [3.05, 3.63) is 23.3 Å². The minimum absolute atomic E-state index is 0.239. The summed E-state index contributed by atoms with van der Waals surface area (Å²) >= 11 is 0. The zero-order chi connectivity index (χ0) is 14.9. The number of aromatic nitrogens is 2. The van der Waals surface area contributed by atoms with Crippen LogP contribution in [0.2, 0.25) is 0 Å². The highest BCUT2D eigenvalue weighted by Crippen LogP contribution is 2.22. The van der Waals surface area contributed by atoms with E-state index in [-0.39, 0.29) is 6.54 Å². The van der Waals surface area contributed by atoms with E-state index < -0.39 is 16.3 Å². The molecule has 1 fully saturated rings. The molecular weight excluding hydrogens is 280 g/mol. The molecule has 0 amide bonds. The molecule has 0 unspecified atom stereocenters. The van der Waals surface area contributed by atoms with Gasteiger partial charge in [-0.15, -0.1) is 0 Å². The molecule has 0 saturated carbocycles. The first kappa shape index (κ1) is 15.3. The maximum atomic E-state index is 12.2. The van der Waals surface area contributed by atoms with Crippen LogP contribution >= 0.6 is 0 Å². The number of nitrogens with zero attached hydrogens (tertiary/aromatic N) is 4. The Kier molecular flexibility index (Phi) is 4.38. The van der Waals surface area contributed by atoms with Crippen LogP contribution in [0.1, 0.15) is 23.3 Å². The summed E-state index contributed by atoms with van der Waals surface area (Å²) in [4.78, 5) is 8.70. The van der Waals surface area contributed by atoms with Crippen molar-refractivity contribution in [2.45, 2.75) is 20.0 Å². The number of hydrogen-bond acceptors (Lipinski definition) is 5. The predicted molar refractivity (Wildman–Crippen MR) is 74.4 cm³/mol. The first-order valence-electron chi connectivity index (χ1n) is 6.42. The molecular formula is C12H20N4O3S. The van der Waals surface area contributed by atoms with Gasteiger partial charge in [0.25, 0.3) is 10.2 Å². The molecule has 2 heterocycles. The van der Waals surface area contributed by atoms with Crippen molar-refractivity contribution in [3.8, 4) is 0 Å². The molecule has 0 aliphatic carbocycles. The average molecular weight is 300 g/mol. The average Bonchev–Trinajstić information content (AvgIpc) is 2.37. The Morgan fingerprint density at radius 3 is 2.45 bits per heavy atom. The molecule has 112 valence electrons. The van der Waals surface area contributed by atoms with Crippen LogP contribution < -0.4 is 0 Å². The van der Waals surface area contributed by atoms with E-state index in [0.29, 0.717) is 19.0 Å². The number of hydrogen-bond donors (Lipinski definition) is 0. The molecule has 20 heavy (non-hydrogen) atoms. The van der Waals surface area contributed by atoms with Crippen molar-refractivity contribution in [3.63, 3.8) is 0 Å². The Hall–Kier alpha value is -1.09. The molecule has 0 spiro atoms. The first-order valence-corrected chi connectivity index (χ1v) is 7.82. The normalized spacial score (nSPS) is 21.4. The predicted octanol–water partition coefficient (Wildman–Crippen LogP) is 0.273. The summed E-state index contributed by atoms with van der Waals surface area (Å²) in [6.45, 7) is 4.70. The Balaban J connectivity index is 2.23. The molecule has 2 rings (SSSR count). The minimum atomic E-state index is -3.43. The van der Waals surface area contributed by atoms with Gasteiger partial charge in [-0.3, -0.25) is 0 Å². The van der Waals surface area contributed by atoms with E-state index in [1.54, 1.807) is 0 Å². The fourth-order valence-corrected chi connectivity index (χ4v) is 3.21. The third kappa shape index (κ3) is 3.14. The Bertz CT molecular complexity index is 568. The first-order chi connectivity index (χ1) is 9.30. The lowest BCUT2D eigenvalue weighted by molar-refractivity contribution is -0.00896. The van der Waals surface area contributed by atoms with E-state index >= 15 is 0 Å². The zero-order valence-corrected chi connectivity index (χ0v) is 13.0. The topological polar surface area (TPSA) is 75.6 Å². The molecule has 0 aromatic carbocycles. The van der Waals surface area contributed by atoms with Crippen molar-refractivity contribution in [1.29, 1.82) is 0 Å². The second-order valence-corrected chi connectivity index (χ2v) is 7.16. The lowest BCUT2D eigenvalue weighted by Gasteiger charge is -2.33. The summed E-state index contributed by atoms with van der Waals surface area (Å²) < 4.78 is 32.5. The van der Waals surface area contributed by atoms with Gasteiger partial charge in [0.2, 0.25) is 0 Å². The number of morpholine rings is 1. The van der Waals surface area contributed by atoms with Crippen LogP contribution in [-0.2, 0) is 14.9 Å². The smallest absolute Gasteiger partial charge is 0.281 e. The van der Waals surface area contributed by atoms with Gasteiger partial charge in [-0.2, -0.15) is 17.0 Å². The highest BCUT2D eigenvalue weighted by atomic mass is 32.2. The fourth-order valence-electron chi connectivity index (χ4n) is 2.12. The Labute approximate surface area is 119 Å². The van der Waals surface area contributed by atoms with E-state index in [1.165, 1.54) is 22.7 Å². The van der Waals surface area contributed by atoms with Gasteiger partial charge < -0.3 is 4.74 Å². The molecule has 1 aliphatic rings.